The van der Waals surface area contributed by atoms with Gasteiger partial charge in [-0.2, -0.15) is 5.10 Å². The summed E-state index contributed by atoms with van der Waals surface area (Å²) in [6, 6.07) is 11.6. The summed E-state index contributed by atoms with van der Waals surface area (Å²) in [4.78, 5) is 0. The highest BCUT2D eigenvalue weighted by Gasteiger charge is 2.05. The van der Waals surface area contributed by atoms with E-state index in [4.69, 9.17) is 5.21 Å². The Balaban J connectivity index is 1.80. The van der Waals surface area contributed by atoms with Crippen LogP contribution in [0.2, 0.25) is 0 Å². The number of nitrogens with zero attached hydrogens (tertiary/aromatic N) is 1. The van der Waals surface area contributed by atoms with E-state index in [1.165, 1.54) is 0 Å². The van der Waals surface area contributed by atoms with E-state index in [-0.39, 0.29) is 0 Å². The summed E-state index contributed by atoms with van der Waals surface area (Å²) in [5.74, 6) is 0. The zero-order valence-electron chi connectivity index (χ0n) is 10.5. The number of aromatic nitrogens is 2. The molecule has 102 valence electrons. The maximum Gasteiger partial charge on any atom is 0.0682 e. The van der Waals surface area contributed by atoms with Crippen LogP contribution < -0.4 is 10.8 Å². The number of hydrogen-bond donors (Lipinski definition) is 4. The van der Waals surface area contributed by atoms with Crippen LogP contribution in [0.25, 0.3) is 10.9 Å². The topological polar surface area (TPSA) is 73.0 Å². The maximum absolute atomic E-state index is 8.78. The van der Waals surface area contributed by atoms with Gasteiger partial charge in [-0.1, -0.05) is 28.1 Å². The van der Waals surface area contributed by atoms with E-state index in [1.807, 2.05) is 42.6 Å². The van der Waals surface area contributed by atoms with E-state index < -0.39 is 0 Å². The van der Waals surface area contributed by atoms with Crippen LogP contribution in [-0.2, 0) is 6.54 Å². The van der Waals surface area contributed by atoms with E-state index in [0.717, 1.165) is 26.6 Å². The number of nitrogens with one attached hydrogen (secondary N) is 3. The molecule has 5 nitrogen and oxygen atoms in total. The molecule has 0 atom stereocenters. The van der Waals surface area contributed by atoms with Crippen molar-refractivity contribution in [1.29, 1.82) is 0 Å². The lowest BCUT2D eigenvalue weighted by Crippen LogP contribution is -2.00. The molecule has 3 rings (SSSR count). The molecule has 3 aromatic rings. The third-order valence-corrected chi connectivity index (χ3v) is 3.55. The van der Waals surface area contributed by atoms with E-state index in [1.54, 1.807) is 0 Å². The Hall–Kier alpha value is -2.05. The first-order chi connectivity index (χ1) is 9.76. The lowest BCUT2D eigenvalue weighted by atomic mass is 10.2. The summed E-state index contributed by atoms with van der Waals surface area (Å²) >= 11 is 3.49. The maximum atomic E-state index is 8.78. The molecule has 0 saturated heterocycles. The van der Waals surface area contributed by atoms with Crippen molar-refractivity contribution in [2.45, 2.75) is 6.54 Å². The molecule has 4 N–H and O–H groups in total. The van der Waals surface area contributed by atoms with Gasteiger partial charge >= 0.3 is 0 Å². The van der Waals surface area contributed by atoms with Gasteiger partial charge in [0.2, 0.25) is 0 Å². The Morgan fingerprint density at radius 3 is 2.75 bits per heavy atom. The Kier molecular flexibility index (Phi) is 3.58. The first-order valence-corrected chi connectivity index (χ1v) is 6.91. The smallest absolute Gasteiger partial charge is 0.0682 e. The summed E-state index contributed by atoms with van der Waals surface area (Å²) in [6.45, 7) is 0.697. The molecule has 6 heteroatoms. The third kappa shape index (κ3) is 2.61. The SMILES string of the molecule is ONc1ccc(CNc2cc(Br)cc3[nH]ncc23)cc1. The van der Waals surface area contributed by atoms with Gasteiger partial charge < -0.3 is 5.32 Å². The largest absolute Gasteiger partial charge is 0.380 e. The highest BCUT2D eigenvalue weighted by Crippen LogP contribution is 2.27. The molecule has 0 aliphatic carbocycles. The summed E-state index contributed by atoms with van der Waals surface area (Å²) in [5, 5.41) is 20.2. The average molecular weight is 333 g/mol. The predicted octanol–water partition coefficient (Wildman–Crippen LogP) is 3.74. The van der Waals surface area contributed by atoms with Crippen molar-refractivity contribution in [1.82, 2.24) is 10.2 Å². The molecule has 2 aromatic carbocycles. The van der Waals surface area contributed by atoms with Crippen LogP contribution in [0.4, 0.5) is 11.4 Å². The minimum atomic E-state index is 0.674. The zero-order chi connectivity index (χ0) is 13.9. The fraction of sp³-hybridized carbons (Fsp3) is 0.0714. The van der Waals surface area contributed by atoms with Crippen LogP contribution in [0, 0.1) is 0 Å². The minimum absolute atomic E-state index is 0.674. The van der Waals surface area contributed by atoms with Gasteiger partial charge in [-0.3, -0.25) is 15.8 Å². The normalized spacial score (nSPS) is 10.7. The van der Waals surface area contributed by atoms with Gasteiger partial charge in [-0.15, -0.1) is 0 Å². The van der Waals surface area contributed by atoms with Crippen LogP contribution in [0.15, 0.2) is 47.1 Å². The van der Waals surface area contributed by atoms with Crippen LogP contribution in [-0.4, -0.2) is 15.4 Å². The van der Waals surface area contributed by atoms with E-state index in [2.05, 4.69) is 36.9 Å². The molecule has 0 spiro atoms. The second kappa shape index (κ2) is 5.52. The van der Waals surface area contributed by atoms with Crippen molar-refractivity contribution < 1.29 is 5.21 Å². The molecule has 0 radical (unpaired) electrons. The summed E-state index contributed by atoms with van der Waals surface area (Å²) in [5.41, 5.74) is 5.93. The first-order valence-electron chi connectivity index (χ1n) is 6.12. The van der Waals surface area contributed by atoms with Gasteiger partial charge in [0, 0.05) is 22.1 Å². The van der Waals surface area contributed by atoms with Crippen LogP contribution in [0.3, 0.4) is 0 Å². The van der Waals surface area contributed by atoms with Crippen LogP contribution in [0.5, 0.6) is 0 Å². The lowest BCUT2D eigenvalue weighted by molar-refractivity contribution is 0.389. The Labute approximate surface area is 124 Å². The van der Waals surface area contributed by atoms with Crippen molar-refractivity contribution in [2.24, 2.45) is 0 Å². The molecule has 0 aliphatic rings. The van der Waals surface area contributed by atoms with Crippen molar-refractivity contribution in [3.05, 3.63) is 52.6 Å². The Bertz CT molecular complexity index is 724. The Morgan fingerprint density at radius 2 is 2.00 bits per heavy atom. The summed E-state index contributed by atoms with van der Waals surface area (Å²) in [7, 11) is 0. The average Bonchev–Trinajstić information content (AvgIpc) is 2.93. The number of H-pyrrole nitrogens is 1. The molecular weight excluding hydrogens is 320 g/mol. The van der Waals surface area contributed by atoms with E-state index >= 15 is 0 Å². The number of halogens is 1. The fourth-order valence-electron chi connectivity index (χ4n) is 2.06. The van der Waals surface area contributed by atoms with Gasteiger partial charge in [-0.25, -0.2) is 0 Å². The molecule has 1 heterocycles. The second-order valence-electron chi connectivity index (χ2n) is 4.45. The van der Waals surface area contributed by atoms with E-state index in [9.17, 15) is 0 Å². The fourth-order valence-corrected chi connectivity index (χ4v) is 2.51. The number of fused-ring (bicyclic) bond motifs is 1. The van der Waals surface area contributed by atoms with Crippen molar-refractivity contribution in [3.8, 4) is 0 Å². The number of aromatic amines is 1. The predicted molar refractivity (Wildman–Crippen MR) is 83.0 cm³/mol. The van der Waals surface area contributed by atoms with Gasteiger partial charge in [0.25, 0.3) is 0 Å². The first kappa shape index (κ1) is 13.0. The van der Waals surface area contributed by atoms with Gasteiger partial charge in [0.1, 0.15) is 0 Å². The molecule has 20 heavy (non-hydrogen) atoms. The highest BCUT2D eigenvalue weighted by atomic mass is 79.9. The van der Waals surface area contributed by atoms with Crippen molar-refractivity contribution >= 4 is 38.2 Å². The number of hydrogen-bond acceptors (Lipinski definition) is 4. The molecule has 0 aliphatic heterocycles. The number of benzene rings is 2. The van der Waals surface area contributed by atoms with Gasteiger partial charge in [0.05, 0.1) is 17.4 Å². The third-order valence-electron chi connectivity index (χ3n) is 3.09. The van der Waals surface area contributed by atoms with E-state index in [0.29, 0.717) is 12.2 Å². The number of anilines is 2. The monoisotopic (exact) mass is 332 g/mol. The molecule has 0 fully saturated rings. The van der Waals surface area contributed by atoms with Gasteiger partial charge in [0.15, 0.2) is 0 Å². The summed E-state index contributed by atoms with van der Waals surface area (Å²) in [6.07, 6.45) is 1.81. The van der Waals surface area contributed by atoms with Crippen molar-refractivity contribution in [3.63, 3.8) is 0 Å². The van der Waals surface area contributed by atoms with Crippen LogP contribution >= 0.6 is 15.9 Å². The highest BCUT2D eigenvalue weighted by molar-refractivity contribution is 9.10. The molecular formula is C14H13BrN4O. The molecule has 0 saturated carbocycles. The van der Waals surface area contributed by atoms with Gasteiger partial charge in [-0.05, 0) is 29.8 Å². The molecule has 0 unspecified atom stereocenters. The molecule has 0 bridgehead atoms. The summed E-state index contributed by atoms with van der Waals surface area (Å²) < 4.78 is 0.997. The Morgan fingerprint density at radius 1 is 1.20 bits per heavy atom. The zero-order valence-corrected chi connectivity index (χ0v) is 12.1. The second-order valence-corrected chi connectivity index (χ2v) is 5.36. The number of rotatable bonds is 4. The molecule has 0 amide bonds. The van der Waals surface area contributed by atoms with Crippen LogP contribution in [0.1, 0.15) is 5.56 Å². The standard InChI is InChI=1S/C14H13BrN4O/c15-10-5-13(12-8-17-18-14(12)6-10)16-7-9-1-3-11(19-20)4-2-9/h1-6,8,16,19-20H,7H2,(H,17,18). The molecule has 1 aromatic heterocycles. The lowest BCUT2D eigenvalue weighted by Gasteiger charge is -2.09. The minimum Gasteiger partial charge on any atom is -0.380 e. The quantitative estimate of drug-likeness (QED) is 0.549. The van der Waals surface area contributed by atoms with Crippen molar-refractivity contribution in [2.75, 3.05) is 10.8 Å².